The molecule has 6 heteroatoms. The highest BCUT2D eigenvalue weighted by Gasteiger charge is 2.09. The number of benzene rings is 2. The van der Waals surface area contributed by atoms with E-state index >= 15 is 0 Å². The normalized spacial score (nSPS) is 10.6. The molecular weight excluding hydrogens is 330 g/mol. The van der Waals surface area contributed by atoms with E-state index in [1.54, 1.807) is 54.7 Å². The predicted molar refractivity (Wildman–Crippen MR) is 101 cm³/mol. The molecule has 0 aliphatic heterocycles. The van der Waals surface area contributed by atoms with Crippen LogP contribution in [0.25, 0.3) is 12.2 Å². The number of nitro groups is 1. The standard InChI is InChI=1S/C20H15N3O3/c24-20(19-10-3-4-13-21-19)22-18-9-2-1-7-16(18)12-11-15-6-5-8-17(14-15)23(25)26/h1-14H,(H,22,24)/b12-11+. The largest absolute Gasteiger partial charge is 0.320 e. The number of nitrogens with one attached hydrogen (secondary N) is 1. The van der Waals surface area contributed by atoms with Gasteiger partial charge in [0.1, 0.15) is 5.69 Å². The van der Waals surface area contributed by atoms with Crippen molar-refractivity contribution in [2.75, 3.05) is 5.32 Å². The fourth-order valence-corrected chi connectivity index (χ4v) is 2.37. The summed E-state index contributed by atoms with van der Waals surface area (Å²) in [5.74, 6) is -0.304. The Morgan fingerprint density at radius 2 is 1.81 bits per heavy atom. The number of amides is 1. The second-order valence-corrected chi connectivity index (χ2v) is 5.44. The van der Waals surface area contributed by atoms with Crippen molar-refractivity contribution in [3.8, 4) is 0 Å². The molecule has 0 radical (unpaired) electrons. The van der Waals surface area contributed by atoms with Crippen LogP contribution in [0, 0.1) is 10.1 Å². The molecule has 0 fully saturated rings. The minimum Gasteiger partial charge on any atom is -0.320 e. The molecule has 0 bridgehead atoms. The van der Waals surface area contributed by atoms with Gasteiger partial charge in [-0.25, -0.2) is 0 Å². The Morgan fingerprint density at radius 3 is 2.58 bits per heavy atom. The summed E-state index contributed by atoms with van der Waals surface area (Å²) in [4.78, 5) is 26.8. The van der Waals surface area contributed by atoms with Crippen molar-refractivity contribution in [1.29, 1.82) is 0 Å². The maximum Gasteiger partial charge on any atom is 0.274 e. The number of carbonyl (C=O) groups is 1. The molecule has 1 N–H and O–H groups in total. The summed E-state index contributed by atoms with van der Waals surface area (Å²) in [5.41, 5.74) is 2.46. The van der Waals surface area contributed by atoms with E-state index in [1.165, 1.54) is 12.1 Å². The maximum atomic E-state index is 12.3. The van der Waals surface area contributed by atoms with Crippen molar-refractivity contribution < 1.29 is 9.72 Å². The van der Waals surface area contributed by atoms with E-state index in [9.17, 15) is 14.9 Å². The number of anilines is 1. The quantitative estimate of drug-likeness (QED) is 0.421. The Balaban J connectivity index is 1.82. The fraction of sp³-hybridized carbons (Fsp3) is 0. The van der Waals surface area contributed by atoms with Crippen LogP contribution in [0.4, 0.5) is 11.4 Å². The van der Waals surface area contributed by atoms with Gasteiger partial charge in [0.05, 0.1) is 4.92 Å². The zero-order chi connectivity index (χ0) is 18.4. The first-order valence-corrected chi connectivity index (χ1v) is 7.87. The second kappa shape index (κ2) is 7.85. The third-order valence-corrected chi connectivity index (χ3v) is 3.64. The average molecular weight is 345 g/mol. The van der Waals surface area contributed by atoms with Crippen molar-refractivity contribution in [2.24, 2.45) is 0 Å². The monoisotopic (exact) mass is 345 g/mol. The van der Waals surface area contributed by atoms with Crippen LogP contribution >= 0.6 is 0 Å². The zero-order valence-electron chi connectivity index (χ0n) is 13.7. The topological polar surface area (TPSA) is 85.1 Å². The lowest BCUT2D eigenvalue weighted by Gasteiger charge is -2.08. The van der Waals surface area contributed by atoms with Crippen LogP contribution in [0.1, 0.15) is 21.6 Å². The molecule has 0 aliphatic rings. The van der Waals surface area contributed by atoms with Crippen LogP contribution in [0.2, 0.25) is 0 Å². The lowest BCUT2D eigenvalue weighted by atomic mass is 10.1. The van der Waals surface area contributed by atoms with E-state index in [4.69, 9.17) is 0 Å². The molecule has 6 nitrogen and oxygen atoms in total. The SMILES string of the molecule is O=C(Nc1ccccc1/C=C/c1cccc([N+](=O)[O-])c1)c1ccccn1. The molecule has 0 unspecified atom stereocenters. The van der Waals surface area contributed by atoms with Gasteiger partial charge >= 0.3 is 0 Å². The number of rotatable bonds is 5. The van der Waals surface area contributed by atoms with Gasteiger partial charge in [-0.1, -0.05) is 48.6 Å². The molecule has 3 rings (SSSR count). The summed E-state index contributed by atoms with van der Waals surface area (Å²) in [7, 11) is 0. The van der Waals surface area contributed by atoms with E-state index < -0.39 is 4.92 Å². The highest BCUT2D eigenvalue weighted by atomic mass is 16.6. The smallest absolute Gasteiger partial charge is 0.274 e. The maximum absolute atomic E-state index is 12.3. The number of hydrogen-bond acceptors (Lipinski definition) is 4. The van der Waals surface area contributed by atoms with Crippen molar-refractivity contribution >= 4 is 29.4 Å². The Morgan fingerprint density at radius 1 is 1.00 bits per heavy atom. The van der Waals surface area contributed by atoms with E-state index in [0.717, 1.165) is 5.56 Å². The van der Waals surface area contributed by atoms with Gasteiger partial charge in [-0.15, -0.1) is 0 Å². The number of pyridine rings is 1. The number of non-ortho nitro benzene ring substituents is 1. The molecule has 0 saturated heterocycles. The van der Waals surface area contributed by atoms with Crippen LogP contribution in [-0.2, 0) is 0 Å². The average Bonchev–Trinajstić information content (AvgIpc) is 2.68. The number of nitro benzene ring substituents is 1. The second-order valence-electron chi connectivity index (χ2n) is 5.44. The van der Waals surface area contributed by atoms with Gasteiger partial charge in [-0.05, 0) is 29.3 Å². The first-order valence-electron chi connectivity index (χ1n) is 7.87. The van der Waals surface area contributed by atoms with Crippen LogP contribution < -0.4 is 5.32 Å². The van der Waals surface area contributed by atoms with Crippen molar-refractivity contribution in [1.82, 2.24) is 4.98 Å². The third-order valence-electron chi connectivity index (χ3n) is 3.64. The van der Waals surface area contributed by atoms with Crippen molar-refractivity contribution in [2.45, 2.75) is 0 Å². The van der Waals surface area contributed by atoms with Crippen molar-refractivity contribution in [3.05, 3.63) is 99.9 Å². The summed E-state index contributed by atoms with van der Waals surface area (Å²) < 4.78 is 0. The number of hydrogen-bond donors (Lipinski definition) is 1. The zero-order valence-corrected chi connectivity index (χ0v) is 13.7. The molecule has 26 heavy (non-hydrogen) atoms. The lowest BCUT2D eigenvalue weighted by Crippen LogP contribution is -2.14. The summed E-state index contributed by atoms with van der Waals surface area (Å²) in [5, 5.41) is 13.7. The number of para-hydroxylation sites is 1. The molecule has 128 valence electrons. The molecule has 0 saturated carbocycles. The molecule has 3 aromatic rings. The number of carbonyl (C=O) groups excluding carboxylic acids is 1. The molecular formula is C20H15N3O3. The Hall–Kier alpha value is -3.80. The highest BCUT2D eigenvalue weighted by molar-refractivity contribution is 6.04. The van der Waals surface area contributed by atoms with E-state index in [2.05, 4.69) is 10.3 Å². The Bertz CT molecular complexity index is 969. The molecule has 0 spiro atoms. The van der Waals surface area contributed by atoms with Crippen LogP contribution in [0.15, 0.2) is 72.9 Å². The highest BCUT2D eigenvalue weighted by Crippen LogP contribution is 2.20. The van der Waals surface area contributed by atoms with E-state index in [-0.39, 0.29) is 11.6 Å². The summed E-state index contributed by atoms with van der Waals surface area (Å²) in [6.45, 7) is 0. The summed E-state index contributed by atoms with van der Waals surface area (Å²) in [6.07, 6.45) is 5.12. The van der Waals surface area contributed by atoms with Gasteiger partial charge in [-0.2, -0.15) is 0 Å². The van der Waals surface area contributed by atoms with Gasteiger partial charge < -0.3 is 5.32 Å². The molecule has 0 atom stereocenters. The minimum absolute atomic E-state index is 0.0314. The van der Waals surface area contributed by atoms with Crippen LogP contribution in [0.3, 0.4) is 0 Å². The van der Waals surface area contributed by atoms with E-state index in [1.807, 2.05) is 18.2 Å². The van der Waals surface area contributed by atoms with Crippen LogP contribution in [0.5, 0.6) is 0 Å². The predicted octanol–water partition coefficient (Wildman–Crippen LogP) is 4.41. The molecule has 1 amide bonds. The molecule has 1 heterocycles. The number of nitrogens with zero attached hydrogens (tertiary/aromatic N) is 2. The Kier molecular flexibility index (Phi) is 5.14. The van der Waals surface area contributed by atoms with E-state index in [0.29, 0.717) is 16.9 Å². The molecule has 2 aromatic carbocycles. The lowest BCUT2D eigenvalue weighted by molar-refractivity contribution is -0.384. The van der Waals surface area contributed by atoms with Gasteiger partial charge in [0.15, 0.2) is 0 Å². The third kappa shape index (κ3) is 4.18. The molecule has 1 aromatic heterocycles. The Labute approximate surface area is 150 Å². The van der Waals surface area contributed by atoms with Gasteiger partial charge in [0.25, 0.3) is 11.6 Å². The van der Waals surface area contributed by atoms with Gasteiger partial charge in [-0.3, -0.25) is 19.9 Å². The molecule has 0 aliphatic carbocycles. The first kappa shape index (κ1) is 17.0. The minimum atomic E-state index is -0.432. The summed E-state index contributed by atoms with van der Waals surface area (Å²) in [6, 6.07) is 18.8. The van der Waals surface area contributed by atoms with Crippen LogP contribution in [-0.4, -0.2) is 15.8 Å². The van der Waals surface area contributed by atoms with Crippen molar-refractivity contribution in [3.63, 3.8) is 0 Å². The number of aromatic nitrogens is 1. The van der Waals surface area contributed by atoms with Gasteiger partial charge in [0.2, 0.25) is 0 Å². The summed E-state index contributed by atoms with van der Waals surface area (Å²) >= 11 is 0. The first-order chi connectivity index (χ1) is 12.6. The fourth-order valence-electron chi connectivity index (χ4n) is 2.37. The van der Waals surface area contributed by atoms with Gasteiger partial charge in [0, 0.05) is 24.0 Å².